The van der Waals surface area contributed by atoms with Crippen molar-refractivity contribution in [2.45, 2.75) is 26.3 Å². The molecule has 1 aliphatic heterocycles. The Bertz CT molecular complexity index is 915. The first-order chi connectivity index (χ1) is 11.9. The number of hydrogen-bond donors (Lipinski definition) is 1. The zero-order chi connectivity index (χ0) is 18.0. The van der Waals surface area contributed by atoms with Crippen molar-refractivity contribution in [3.63, 3.8) is 0 Å². The van der Waals surface area contributed by atoms with Crippen LogP contribution in [-0.4, -0.2) is 41.7 Å². The number of sulfone groups is 1. The van der Waals surface area contributed by atoms with Gasteiger partial charge < -0.3 is 5.32 Å². The molecule has 0 bridgehead atoms. The molecule has 1 saturated heterocycles. The van der Waals surface area contributed by atoms with Crippen molar-refractivity contribution in [1.82, 2.24) is 15.1 Å². The molecule has 0 spiro atoms. The molecule has 0 aliphatic carbocycles. The molecule has 1 amide bonds. The smallest absolute Gasteiger partial charge is 0.244 e. The summed E-state index contributed by atoms with van der Waals surface area (Å²) in [6, 6.07) is 9.50. The van der Waals surface area contributed by atoms with Crippen molar-refractivity contribution in [1.29, 1.82) is 0 Å². The summed E-state index contributed by atoms with van der Waals surface area (Å²) in [5.74, 6) is -0.117. The number of para-hydroxylation sites is 1. The van der Waals surface area contributed by atoms with E-state index in [9.17, 15) is 13.2 Å². The highest BCUT2D eigenvalue weighted by molar-refractivity contribution is 7.91. The Morgan fingerprint density at radius 2 is 2.00 bits per heavy atom. The van der Waals surface area contributed by atoms with Gasteiger partial charge in [0.2, 0.25) is 5.91 Å². The van der Waals surface area contributed by atoms with Gasteiger partial charge in [0.15, 0.2) is 9.84 Å². The minimum Gasteiger partial charge on any atom is -0.349 e. The fourth-order valence-corrected chi connectivity index (χ4v) is 4.71. The summed E-state index contributed by atoms with van der Waals surface area (Å²) in [6.07, 6.45) is 3.65. The Kier molecular flexibility index (Phi) is 4.76. The van der Waals surface area contributed by atoms with Gasteiger partial charge in [-0.15, -0.1) is 0 Å². The highest BCUT2D eigenvalue weighted by Crippen LogP contribution is 2.19. The lowest BCUT2D eigenvalue weighted by molar-refractivity contribution is -0.116. The van der Waals surface area contributed by atoms with Crippen molar-refractivity contribution in [3.05, 3.63) is 53.4 Å². The molecular formula is C18H21N3O3S. The summed E-state index contributed by atoms with van der Waals surface area (Å²) in [6.45, 7) is 3.85. The molecule has 2 heterocycles. The van der Waals surface area contributed by atoms with Gasteiger partial charge in [0.05, 0.1) is 22.9 Å². The molecule has 6 nitrogen and oxygen atoms in total. The number of aryl methyl sites for hydroxylation is 1. The van der Waals surface area contributed by atoms with Crippen LogP contribution in [0.15, 0.2) is 36.4 Å². The molecule has 1 N–H and O–H groups in total. The second kappa shape index (κ2) is 6.84. The molecule has 132 valence electrons. The number of nitrogens with zero attached hydrogens (tertiary/aromatic N) is 2. The van der Waals surface area contributed by atoms with Gasteiger partial charge in [-0.1, -0.05) is 18.2 Å². The zero-order valence-corrected chi connectivity index (χ0v) is 15.1. The van der Waals surface area contributed by atoms with Gasteiger partial charge >= 0.3 is 0 Å². The molecule has 0 saturated carbocycles. The predicted molar refractivity (Wildman–Crippen MR) is 97.3 cm³/mol. The molecule has 25 heavy (non-hydrogen) atoms. The van der Waals surface area contributed by atoms with Crippen LogP contribution in [0.2, 0.25) is 0 Å². The van der Waals surface area contributed by atoms with E-state index in [-0.39, 0.29) is 23.5 Å². The monoisotopic (exact) mass is 359 g/mol. The van der Waals surface area contributed by atoms with E-state index >= 15 is 0 Å². The first kappa shape index (κ1) is 17.4. The van der Waals surface area contributed by atoms with Crippen LogP contribution in [0.5, 0.6) is 0 Å². The average Bonchev–Trinajstić information content (AvgIpc) is 3.05. The van der Waals surface area contributed by atoms with Gasteiger partial charge in [-0.3, -0.25) is 4.79 Å². The Morgan fingerprint density at radius 3 is 2.64 bits per heavy atom. The molecule has 1 fully saturated rings. The summed E-state index contributed by atoms with van der Waals surface area (Å²) >= 11 is 0. The topological polar surface area (TPSA) is 81.1 Å². The van der Waals surface area contributed by atoms with Crippen molar-refractivity contribution < 1.29 is 13.2 Å². The van der Waals surface area contributed by atoms with Gasteiger partial charge in [0, 0.05) is 23.4 Å². The van der Waals surface area contributed by atoms with E-state index in [0.717, 1.165) is 22.6 Å². The van der Waals surface area contributed by atoms with Gasteiger partial charge in [0.25, 0.3) is 0 Å². The molecule has 1 atom stereocenters. The summed E-state index contributed by atoms with van der Waals surface area (Å²) in [5.41, 5.74) is 3.62. The third-order valence-corrected chi connectivity index (χ3v) is 6.10. The fourth-order valence-electron chi connectivity index (χ4n) is 3.03. The molecule has 1 aromatic carbocycles. The maximum absolute atomic E-state index is 12.1. The molecule has 7 heteroatoms. The van der Waals surface area contributed by atoms with Gasteiger partial charge in [0.1, 0.15) is 0 Å². The van der Waals surface area contributed by atoms with Gasteiger partial charge in [-0.25, -0.2) is 13.1 Å². The lowest BCUT2D eigenvalue weighted by Crippen LogP contribution is -2.34. The summed E-state index contributed by atoms with van der Waals surface area (Å²) < 4.78 is 24.7. The highest BCUT2D eigenvalue weighted by Gasteiger charge is 2.28. The Morgan fingerprint density at radius 1 is 1.28 bits per heavy atom. The van der Waals surface area contributed by atoms with Crippen LogP contribution in [0.25, 0.3) is 11.8 Å². The lowest BCUT2D eigenvalue weighted by atomic mass is 10.1. The van der Waals surface area contributed by atoms with Crippen LogP contribution in [-0.2, 0) is 14.6 Å². The zero-order valence-electron chi connectivity index (χ0n) is 14.3. The van der Waals surface area contributed by atoms with E-state index < -0.39 is 9.84 Å². The van der Waals surface area contributed by atoms with Crippen LogP contribution in [0.1, 0.15) is 23.4 Å². The van der Waals surface area contributed by atoms with E-state index in [4.69, 9.17) is 0 Å². The lowest BCUT2D eigenvalue weighted by Gasteiger charge is -2.08. The molecule has 2 aromatic rings. The van der Waals surface area contributed by atoms with Crippen LogP contribution in [0.3, 0.4) is 0 Å². The average molecular weight is 359 g/mol. The molecule has 3 rings (SSSR count). The fraction of sp³-hybridized carbons (Fsp3) is 0.333. The van der Waals surface area contributed by atoms with E-state index in [1.807, 2.05) is 48.9 Å². The number of benzene rings is 1. The molecule has 1 unspecified atom stereocenters. The number of carbonyl (C=O) groups excluding carboxylic acids is 1. The molecule has 1 aliphatic rings. The number of aromatic nitrogens is 2. The van der Waals surface area contributed by atoms with Crippen LogP contribution in [0.4, 0.5) is 0 Å². The van der Waals surface area contributed by atoms with Crippen molar-refractivity contribution in [3.8, 4) is 5.69 Å². The standard InChI is InChI=1S/C18H21N3O3S/c1-13-17(14(2)21(20-13)16-6-4-3-5-7-16)8-9-18(22)19-15-10-11-25(23,24)12-15/h3-9,15H,10-12H2,1-2H3,(H,19,22)/b9-8+. The summed E-state index contributed by atoms with van der Waals surface area (Å²) in [5, 5.41) is 7.29. The van der Waals surface area contributed by atoms with E-state index in [1.54, 1.807) is 6.08 Å². The van der Waals surface area contributed by atoms with Crippen molar-refractivity contribution in [2.75, 3.05) is 11.5 Å². The second-order valence-corrected chi connectivity index (χ2v) is 8.50. The first-order valence-corrected chi connectivity index (χ1v) is 9.98. The van der Waals surface area contributed by atoms with Gasteiger partial charge in [-0.2, -0.15) is 5.10 Å². The Hall–Kier alpha value is -2.41. The van der Waals surface area contributed by atoms with Crippen LogP contribution in [0, 0.1) is 13.8 Å². The SMILES string of the molecule is Cc1nn(-c2ccccc2)c(C)c1/C=C/C(=O)NC1CCS(=O)(=O)C1. The number of nitrogens with one attached hydrogen (secondary N) is 1. The Labute approximate surface area is 147 Å². The maximum Gasteiger partial charge on any atom is 0.244 e. The first-order valence-electron chi connectivity index (χ1n) is 8.16. The summed E-state index contributed by atoms with van der Waals surface area (Å²) in [7, 11) is -3.00. The number of rotatable bonds is 4. The summed E-state index contributed by atoms with van der Waals surface area (Å²) in [4.78, 5) is 12.1. The minimum atomic E-state index is -3.00. The normalized spacial score (nSPS) is 19.4. The van der Waals surface area contributed by atoms with Gasteiger partial charge in [-0.05, 0) is 38.5 Å². The third-order valence-electron chi connectivity index (χ3n) is 4.33. The number of hydrogen-bond acceptors (Lipinski definition) is 4. The third kappa shape index (κ3) is 3.99. The number of amides is 1. The largest absolute Gasteiger partial charge is 0.349 e. The van der Waals surface area contributed by atoms with Crippen molar-refractivity contribution in [2.24, 2.45) is 0 Å². The van der Waals surface area contributed by atoms with Crippen molar-refractivity contribution >= 4 is 21.8 Å². The molecule has 0 radical (unpaired) electrons. The van der Waals surface area contributed by atoms with E-state index in [1.165, 1.54) is 6.08 Å². The number of carbonyl (C=O) groups is 1. The second-order valence-electron chi connectivity index (χ2n) is 6.27. The highest BCUT2D eigenvalue weighted by atomic mass is 32.2. The van der Waals surface area contributed by atoms with E-state index in [0.29, 0.717) is 6.42 Å². The Balaban J connectivity index is 1.73. The maximum atomic E-state index is 12.1. The predicted octanol–water partition coefficient (Wildman–Crippen LogP) is 1.81. The van der Waals surface area contributed by atoms with Crippen LogP contribution < -0.4 is 5.32 Å². The minimum absolute atomic E-state index is 0.0244. The molecular weight excluding hydrogens is 338 g/mol. The quantitative estimate of drug-likeness (QED) is 0.844. The van der Waals surface area contributed by atoms with E-state index in [2.05, 4.69) is 10.4 Å². The molecule has 1 aromatic heterocycles. The van der Waals surface area contributed by atoms with Crippen LogP contribution >= 0.6 is 0 Å².